The summed E-state index contributed by atoms with van der Waals surface area (Å²) >= 11 is 0. The Morgan fingerprint density at radius 3 is 2.64 bits per heavy atom. The Morgan fingerprint density at radius 2 is 2.00 bits per heavy atom. The molecule has 1 aromatic rings. The molecule has 3 rings (SSSR count). The fourth-order valence-corrected chi connectivity index (χ4v) is 3.53. The molecule has 7 heteroatoms. The highest BCUT2D eigenvalue weighted by Crippen LogP contribution is 2.32. The number of likely N-dealkylation sites (tertiary alicyclic amines) is 1. The number of nitrogens with two attached hydrogens (primary N) is 1. The van der Waals surface area contributed by atoms with Crippen LogP contribution < -0.4 is 5.73 Å². The number of carbonyl (C=O) groups excluding carboxylic acids is 1. The van der Waals surface area contributed by atoms with Gasteiger partial charge in [-0.1, -0.05) is 18.0 Å². The Balaban J connectivity index is 1.49. The van der Waals surface area contributed by atoms with Crippen molar-refractivity contribution in [3.8, 4) is 0 Å². The highest BCUT2D eigenvalue weighted by atomic mass is 16.5. The number of nitrogens with zero attached hydrogens (tertiary/aromatic N) is 3. The van der Waals surface area contributed by atoms with E-state index < -0.39 is 12.0 Å². The Bertz CT molecular complexity index is 505. The van der Waals surface area contributed by atoms with E-state index >= 15 is 0 Å². The van der Waals surface area contributed by atoms with Gasteiger partial charge in [-0.3, -0.25) is 9.69 Å². The molecule has 0 aromatic carbocycles. The SMILES string of the molecule is NC(=O)[C@H](O)C1CCN(Cc2nc(C3CCCC3)no2)CC1. The largest absolute Gasteiger partial charge is 0.383 e. The van der Waals surface area contributed by atoms with Gasteiger partial charge in [0.2, 0.25) is 11.8 Å². The summed E-state index contributed by atoms with van der Waals surface area (Å²) in [6.45, 7) is 2.24. The summed E-state index contributed by atoms with van der Waals surface area (Å²) in [5, 5.41) is 13.8. The number of amides is 1. The first kappa shape index (κ1) is 15.4. The van der Waals surface area contributed by atoms with Crippen LogP contribution in [0.2, 0.25) is 0 Å². The summed E-state index contributed by atoms with van der Waals surface area (Å²) in [4.78, 5) is 17.8. The number of rotatable bonds is 5. The number of carbonyl (C=O) groups is 1. The zero-order valence-electron chi connectivity index (χ0n) is 12.8. The van der Waals surface area contributed by atoms with E-state index in [-0.39, 0.29) is 5.92 Å². The van der Waals surface area contributed by atoms with E-state index in [0.29, 0.717) is 18.4 Å². The number of primary amides is 1. The van der Waals surface area contributed by atoms with Crippen LogP contribution in [-0.4, -0.2) is 45.2 Å². The summed E-state index contributed by atoms with van der Waals surface area (Å²) in [6.07, 6.45) is 5.32. The molecule has 2 aliphatic rings. The molecule has 1 aliphatic heterocycles. The molecule has 1 amide bonds. The van der Waals surface area contributed by atoms with Crippen molar-refractivity contribution in [3.05, 3.63) is 11.7 Å². The van der Waals surface area contributed by atoms with Crippen molar-refractivity contribution in [1.82, 2.24) is 15.0 Å². The van der Waals surface area contributed by atoms with Gasteiger partial charge in [-0.05, 0) is 44.7 Å². The molecule has 3 N–H and O–H groups in total. The van der Waals surface area contributed by atoms with Crippen molar-refractivity contribution in [3.63, 3.8) is 0 Å². The Hall–Kier alpha value is -1.47. The number of aromatic nitrogens is 2. The number of aliphatic hydroxyl groups is 1. The third kappa shape index (κ3) is 3.47. The fourth-order valence-electron chi connectivity index (χ4n) is 3.53. The molecule has 1 saturated heterocycles. The van der Waals surface area contributed by atoms with Crippen molar-refractivity contribution >= 4 is 5.91 Å². The molecule has 0 radical (unpaired) electrons. The van der Waals surface area contributed by atoms with Crippen LogP contribution in [0.1, 0.15) is 56.2 Å². The molecule has 122 valence electrons. The molecule has 1 atom stereocenters. The third-order valence-electron chi connectivity index (χ3n) is 4.93. The van der Waals surface area contributed by atoms with Gasteiger partial charge in [-0.25, -0.2) is 0 Å². The van der Waals surface area contributed by atoms with Gasteiger partial charge in [0.1, 0.15) is 6.10 Å². The van der Waals surface area contributed by atoms with Gasteiger partial charge < -0.3 is 15.4 Å². The lowest BCUT2D eigenvalue weighted by Gasteiger charge is -2.32. The van der Waals surface area contributed by atoms with Crippen LogP contribution in [0.25, 0.3) is 0 Å². The van der Waals surface area contributed by atoms with Crippen LogP contribution in [0.5, 0.6) is 0 Å². The topological polar surface area (TPSA) is 105 Å². The quantitative estimate of drug-likeness (QED) is 0.833. The second-order valence-electron chi connectivity index (χ2n) is 6.49. The van der Waals surface area contributed by atoms with Gasteiger partial charge >= 0.3 is 0 Å². The molecule has 1 aliphatic carbocycles. The standard InChI is InChI=1S/C15H24N4O3/c16-14(21)13(20)10-5-7-19(8-6-10)9-12-17-15(18-22-12)11-3-1-2-4-11/h10-11,13,20H,1-9H2,(H2,16,21)/t13-/m1/s1. The van der Waals surface area contributed by atoms with Crippen LogP contribution in [0.3, 0.4) is 0 Å². The molecule has 2 fully saturated rings. The molecule has 1 saturated carbocycles. The molecule has 0 spiro atoms. The molecule has 7 nitrogen and oxygen atoms in total. The number of hydrogen-bond acceptors (Lipinski definition) is 6. The molecule has 2 heterocycles. The average molecular weight is 308 g/mol. The van der Waals surface area contributed by atoms with Crippen LogP contribution >= 0.6 is 0 Å². The number of aliphatic hydroxyl groups excluding tert-OH is 1. The monoisotopic (exact) mass is 308 g/mol. The van der Waals surface area contributed by atoms with E-state index in [1.165, 1.54) is 12.8 Å². The van der Waals surface area contributed by atoms with Gasteiger partial charge in [0, 0.05) is 5.92 Å². The van der Waals surface area contributed by atoms with Crippen molar-refractivity contribution in [2.24, 2.45) is 11.7 Å². The molecule has 0 unspecified atom stereocenters. The Kier molecular flexibility index (Phi) is 4.73. The summed E-state index contributed by atoms with van der Waals surface area (Å²) in [5.41, 5.74) is 5.15. The summed E-state index contributed by atoms with van der Waals surface area (Å²) in [5.74, 6) is 1.32. The van der Waals surface area contributed by atoms with Crippen molar-refractivity contribution in [2.45, 2.75) is 57.1 Å². The van der Waals surface area contributed by atoms with Crippen LogP contribution in [0.15, 0.2) is 4.52 Å². The lowest BCUT2D eigenvalue weighted by molar-refractivity contribution is -0.129. The second kappa shape index (κ2) is 6.75. The van der Waals surface area contributed by atoms with E-state index in [2.05, 4.69) is 15.0 Å². The van der Waals surface area contributed by atoms with Gasteiger partial charge in [0.25, 0.3) is 0 Å². The second-order valence-corrected chi connectivity index (χ2v) is 6.49. The Labute approximate surface area is 129 Å². The van der Waals surface area contributed by atoms with Crippen LogP contribution in [0.4, 0.5) is 0 Å². The molecule has 0 bridgehead atoms. The van der Waals surface area contributed by atoms with Gasteiger partial charge in [-0.2, -0.15) is 4.98 Å². The van der Waals surface area contributed by atoms with Crippen LogP contribution in [0, 0.1) is 5.92 Å². The minimum absolute atomic E-state index is 0.0366. The van der Waals surface area contributed by atoms with Gasteiger partial charge in [0.05, 0.1) is 6.54 Å². The summed E-state index contributed by atoms with van der Waals surface area (Å²) in [7, 11) is 0. The maximum Gasteiger partial charge on any atom is 0.246 e. The number of piperidine rings is 1. The molecule has 22 heavy (non-hydrogen) atoms. The summed E-state index contributed by atoms with van der Waals surface area (Å²) < 4.78 is 5.37. The minimum Gasteiger partial charge on any atom is -0.383 e. The zero-order valence-corrected chi connectivity index (χ0v) is 12.8. The normalized spacial score (nSPS) is 23.0. The first-order chi connectivity index (χ1) is 10.6. The van der Waals surface area contributed by atoms with Gasteiger partial charge in [-0.15, -0.1) is 0 Å². The minimum atomic E-state index is -1.03. The van der Waals surface area contributed by atoms with E-state index in [9.17, 15) is 9.90 Å². The van der Waals surface area contributed by atoms with E-state index in [1.54, 1.807) is 0 Å². The lowest BCUT2D eigenvalue weighted by atomic mass is 9.91. The van der Waals surface area contributed by atoms with Crippen molar-refractivity contribution in [1.29, 1.82) is 0 Å². The van der Waals surface area contributed by atoms with E-state index in [4.69, 9.17) is 10.3 Å². The zero-order chi connectivity index (χ0) is 15.5. The fraction of sp³-hybridized carbons (Fsp3) is 0.800. The van der Waals surface area contributed by atoms with Gasteiger partial charge in [0.15, 0.2) is 5.82 Å². The highest BCUT2D eigenvalue weighted by Gasteiger charge is 2.29. The highest BCUT2D eigenvalue weighted by molar-refractivity contribution is 5.78. The van der Waals surface area contributed by atoms with E-state index in [1.807, 2.05) is 0 Å². The maximum absolute atomic E-state index is 11.0. The van der Waals surface area contributed by atoms with Crippen LogP contribution in [-0.2, 0) is 11.3 Å². The average Bonchev–Trinajstić information content (AvgIpc) is 3.18. The number of hydrogen-bond donors (Lipinski definition) is 2. The first-order valence-corrected chi connectivity index (χ1v) is 8.15. The lowest BCUT2D eigenvalue weighted by Crippen LogP contribution is -2.42. The predicted molar refractivity (Wildman–Crippen MR) is 78.7 cm³/mol. The molecular weight excluding hydrogens is 284 g/mol. The maximum atomic E-state index is 11.0. The van der Waals surface area contributed by atoms with Crippen molar-refractivity contribution in [2.75, 3.05) is 13.1 Å². The van der Waals surface area contributed by atoms with E-state index in [0.717, 1.165) is 44.6 Å². The predicted octanol–water partition coefficient (Wildman–Crippen LogP) is 0.785. The molecule has 1 aromatic heterocycles. The third-order valence-corrected chi connectivity index (χ3v) is 4.93. The van der Waals surface area contributed by atoms with Crippen molar-refractivity contribution < 1.29 is 14.4 Å². The first-order valence-electron chi connectivity index (χ1n) is 8.15. The smallest absolute Gasteiger partial charge is 0.246 e. The molecular formula is C15H24N4O3. The Morgan fingerprint density at radius 1 is 1.32 bits per heavy atom. The summed E-state index contributed by atoms with van der Waals surface area (Å²) in [6, 6.07) is 0.